The maximum atomic E-state index is 11.1. The number of anilines is 1. The van der Waals surface area contributed by atoms with Gasteiger partial charge in [0, 0.05) is 29.9 Å². The summed E-state index contributed by atoms with van der Waals surface area (Å²) in [6.07, 6.45) is -0.833. The molecule has 126 valence electrons. The predicted molar refractivity (Wildman–Crippen MR) is 89.3 cm³/mol. The molecule has 2 aromatic carbocycles. The molecule has 1 N–H and O–H groups in total. The Morgan fingerprint density at radius 3 is 2.68 bits per heavy atom. The van der Waals surface area contributed by atoms with E-state index in [1.165, 1.54) is 0 Å². The molecule has 2 aromatic rings. The highest BCUT2D eigenvalue weighted by molar-refractivity contribution is 5.74. The number of ether oxygens (including phenoxy) is 3. The van der Waals surface area contributed by atoms with Crippen LogP contribution in [0.4, 0.5) is 5.69 Å². The van der Waals surface area contributed by atoms with E-state index in [-0.39, 0.29) is 6.61 Å². The van der Waals surface area contributed by atoms with Crippen molar-refractivity contribution in [3.63, 3.8) is 0 Å². The molecule has 0 saturated carbocycles. The summed E-state index contributed by atoms with van der Waals surface area (Å²) >= 11 is 0. The third kappa shape index (κ3) is 1.66. The third-order valence-corrected chi connectivity index (χ3v) is 5.38. The fraction of sp³-hybridized carbons (Fsp3) is 0.316. The maximum Gasteiger partial charge on any atom is 0.165 e. The fourth-order valence-electron chi connectivity index (χ4n) is 4.22. The summed E-state index contributed by atoms with van der Waals surface area (Å²) in [6, 6.07) is 11.5. The second-order valence-electron chi connectivity index (χ2n) is 6.55. The van der Waals surface area contributed by atoms with Gasteiger partial charge in [-0.3, -0.25) is 0 Å². The Balaban J connectivity index is 1.80. The summed E-state index contributed by atoms with van der Waals surface area (Å²) < 4.78 is 17.3. The highest BCUT2D eigenvalue weighted by Gasteiger charge is 2.57. The van der Waals surface area contributed by atoms with Crippen LogP contribution in [-0.2, 0) is 5.41 Å². The molecule has 6 heteroatoms. The van der Waals surface area contributed by atoms with Crippen LogP contribution < -0.4 is 19.1 Å². The average molecular weight is 336 g/mol. The van der Waals surface area contributed by atoms with Gasteiger partial charge < -0.3 is 24.2 Å². The van der Waals surface area contributed by atoms with Crippen LogP contribution in [-0.4, -0.2) is 38.2 Å². The largest absolute Gasteiger partial charge is 0.492 e. The van der Waals surface area contributed by atoms with E-state index in [2.05, 4.69) is 6.07 Å². The van der Waals surface area contributed by atoms with Crippen LogP contribution in [0.2, 0.25) is 0 Å². The number of hydrogen-bond donors (Lipinski definition) is 1. The van der Waals surface area contributed by atoms with Gasteiger partial charge in [-0.25, -0.2) is 0 Å². The van der Waals surface area contributed by atoms with E-state index in [1.54, 1.807) is 11.0 Å². The average Bonchev–Trinajstić information content (AvgIpc) is 3.12. The fourth-order valence-corrected chi connectivity index (χ4v) is 4.22. The number of aliphatic hydroxyl groups excluding tert-OH is 1. The lowest BCUT2D eigenvalue weighted by Crippen LogP contribution is -2.45. The lowest BCUT2D eigenvalue weighted by atomic mass is 9.74. The molecular formula is C19H16N2O4. The molecule has 0 radical (unpaired) electrons. The quantitative estimate of drug-likeness (QED) is 0.790. The van der Waals surface area contributed by atoms with Crippen LogP contribution in [0.25, 0.3) is 0 Å². The molecule has 6 nitrogen and oxygen atoms in total. The number of likely N-dealkylation sites (N-methyl/N-ethyl adjacent to an activating group) is 1. The van der Waals surface area contributed by atoms with Crippen molar-refractivity contribution in [3.05, 3.63) is 47.0 Å². The van der Waals surface area contributed by atoms with Gasteiger partial charge in [0.1, 0.15) is 37.2 Å². The van der Waals surface area contributed by atoms with Crippen molar-refractivity contribution < 1.29 is 19.3 Å². The van der Waals surface area contributed by atoms with Gasteiger partial charge in [0.15, 0.2) is 11.5 Å². The van der Waals surface area contributed by atoms with Gasteiger partial charge in [-0.1, -0.05) is 6.07 Å². The molecule has 2 atom stereocenters. The van der Waals surface area contributed by atoms with Gasteiger partial charge in [-0.15, -0.1) is 0 Å². The van der Waals surface area contributed by atoms with Crippen LogP contribution >= 0.6 is 0 Å². The molecule has 0 saturated heterocycles. The number of hydrogen-bond acceptors (Lipinski definition) is 6. The van der Waals surface area contributed by atoms with Crippen LogP contribution in [0, 0.1) is 11.3 Å². The first-order valence-electron chi connectivity index (χ1n) is 8.18. The molecule has 0 fully saturated rings. The van der Waals surface area contributed by atoms with Gasteiger partial charge in [-0.05, 0) is 18.2 Å². The summed E-state index contributed by atoms with van der Waals surface area (Å²) in [7, 11) is 1.83. The Hall–Kier alpha value is -2.91. The molecule has 0 bridgehead atoms. The van der Waals surface area contributed by atoms with Gasteiger partial charge in [-0.2, -0.15) is 5.26 Å². The zero-order valence-electron chi connectivity index (χ0n) is 13.7. The van der Waals surface area contributed by atoms with Crippen LogP contribution in [0.3, 0.4) is 0 Å². The maximum absolute atomic E-state index is 11.1. The topological polar surface area (TPSA) is 75.0 Å². The Bertz CT molecular complexity index is 936. The zero-order chi connectivity index (χ0) is 17.2. The Kier molecular flexibility index (Phi) is 2.77. The van der Waals surface area contributed by atoms with Crippen molar-refractivity contribution in [3.8, 4) is 23.3 Å². The Morgan fingerprint density at radius 2 is 1.92 bits per heavy atom. The smallest absolute Gasteiger partial charge is 0.165 e. The van der Waals surface area contributed by atoms with Crippen molar-refractivity contribution in [2.24, 2.45) is 0 Å². The normalized spacial score (nSPS) is 25.3. The first-order chi connectivity index (χ1) is 12.2. The van der Waals surface area contributed by atoms with Gasteiger partial charge in [0.25, 0.3) is 0 Å². The first-order valence-corrected chi connectivity index (χ1v) is 8.18. The SMILES string of the molecule is CN1c2cccc(C#N)c2C2(COc3cc4c(cc32)OCCO4)C1O. The molecule has 0 amide bonds. The van der Waals surface area contributed by atoms with E-state index in [1.807, 2.05) is 31.3 Å². The van der Waals surface area contributed by atoms with E-state index < -0.39 is 11.6 Å². The van der Waals surface area contributed by atoms with Gasteiger partial charge >= 0.3 is 0 Å². The number of aliphatic hydroxyl groups is 1. The van der Waals surface area contributed by atoms with Gasteiger partial charge in [0.2, 0.25) is 0 Å². The second-order valence-corrected chi connectivity index (χ2v) is 6.55. The number of fused-ring (bicyclic) bond motifs is 5. The highest BCUT2D eigenvalue weighted by atomic mass is 16.6. The van der Waals surface area contributed by atoms with Crippen LogP contribution in [0.15, 0.2) is 30.3 Å². The predicted octanol–water partition coefficient (Wildman–Crippen LogP) is 1.78. The zero-order valence-corrected chi connectivity index (χ0v) is 13.7. The molecule has 2 unspecified atom stereocenters. The van der Waals surface area contributed by atoms with Crippen molar-refractivity contribution in [1.82, 2.24) is 0 Å². The second kappa shape index (κ2) is 4.80. The number of nitriles is 1. The minimum atomic E-state index is -0.833. The monoisotopic (exact) mass is 336 g/mol. The molecule has 1 spiro atoms. The number of nitrogens with zero attached hydrogens (tertiary/aromatic N) is 2. The molecule has 3 aliphatic rings. The lowest BCUT2D eigenvalue weighted by Gasteiger charge is -2.30. The third-order valence-electron chi connectivity index (χ3n) is 5.38. The summed E-state index contributed by atoms with van der Waals surface area (Å²) in [5, 5.41) is 20.7. The van der Waals surface area contributed by atoms with E-state index >= 15 is 0 Å². The van der Waals surface area contributed by atoms with E-state index in [9.17, 15) is 10.4 Å². The van der Waals surface area contributed by atoms with Crippen LogP contribution in [0.1, 0.15) is 16.7 Å². The Morgan fingerprint density at radius 1 is 1.16 bits per heavy atom. The minimum absolute atomic E-state index is 0.266. The van der Waals surface area contributed by atoms with E-state index in [4.69, 9.17) is 14.2 Å². The summed E-state index contributed by atoms with van der Waals surface area (Å²) in [6.45, 7) is 1.26. The standard InChI is InChI=1S/C19H16N2O4/c1-21-13-4-2-3-11(9-20)17(13)19(18(21)22)10-25-14-8-16-15(7-12(14)19)23-5-6-24-16/h2-4,7-8,18,22H,5-6,10H2,1H3. The molecular weight excluding hydrogens is 320 g/mol. The molecule has 25 heavy (non-hydrogen) atoms. The van der Waals surface area contributed by atoms with Crippen molar-refractivity contribution in [1.29, 1.82) is 5.26 Å². The van der Waals surface area contributed by atoms with E-state index in [0.29, 0.717) is 36.0 Å². The lowest BCUT2D eigenvalue weighted by molar-refractivity contribution is 0.0994. The number of rotatable bonds is 0. The summed E-state index contributed by atoms with van der Waals surface area (Å²) in [5.41, 5.74) is 2.22. The minimum Gasteiger partial charge on any atom is -0.492 e. The van der Waals surface area contributed by atoms with Crippen molar-refractivity contribution in [2.75, 3.05) is 31.8 Å². The van der Waals surface area contributed by atoms with Crippen LogP contribution in [0.5, 0.6) is 17.2 Å². The summed E-state index contributed by atoms with van der Waals surface area (Å²) in [4.78, 5) is 1.80. The molecule has 3 aliphatic heterocycles. The molecule has 5 rings (SSSR count). The summed E-state index contributed by atoms with van der Waals surface area (Å²) in [5.74, 6) is 1.96. The first kappa shape index (κ1) is 14.4. The molecule has 0 aliphatic carbocycles. The highest BCUT2D eigenvalue weighted by Crippen LogP contribution is 2.56. The molecule has 3 heterocycles. The van der Waals surface area contributed by atoms with Crippen molar-refractivity contribution >= 4 is 5.69 Å². The van der Waals surface area contributed by atoms with Gasteiger partial charge in [0.05, 0.1) is 11.6 Å². The van der Waals surface area contributed by atoms with E-state index in [0.717, 1.165) is 16.8 Å². The van der Waals surface area contributed by atoms with Crippen molar-refractivity contribution in [2.45, 2.75) is 11.6 Å². The Labute approximate surface area is 144 Å². The number of benzene rings is 2. The molecule has 0 aromatic heterocycles.